The van der Waals surface area contributed by atoms with E-state index in [0.29, 0.717) is 36.7 Å². The fraction of sp³-hybridized carbons (Fsp3) is 0.533. The number of aliphatic carboxylic acids is 1. The molecule has 0 aliphatic rings. The summed E-state index contributed by atoms with van der Waals surface area (Å²) < 4.78 is 16.1. The van der Waals surface area contributed by atoms with E-state index < -0.39 is 11.4 Å². The van der Waals surface area contributed by atoms with Gasteiger partial charge in [-0.25, -0.2) is 0 Å². The molecular formula is C15H22O5. The van der Waals surface area contributed by atoms with Crippen molar-refractivity contribution in [1.82, 2.24) is 0 Å². The molecule has 112 valence electrons. The molecular weight excluding hydrogens is 260 g/mol. The third-order valence-corrected chi connectivity index (χ3v) is 3.15. The lowest BCUT2D eigenvalue weighted by Crippen LogP contribution is -2.24. The quantitative estimate of drug-likeness (QED) is 0.743. The van der Waals surface area contributed by atoms with Gasteiger partial charge in [-0.1, -0.05) is 6.07 Å². The summed E-state index contributed by atoms with van der Waals surface area (Å²) in [6.07, 6.45) is 1.18. The first-order valence-corrected chi connectivity index (χ1v) is 6.49. The molecule has 0 aliphatic heterocycles. The van der Waals surface area contributed by atoms with Crippen LogP contribution in [0.1, 0.15) is 26.7 Å². The van der Waals surface area contributed by atoms with Crippen molar-refractivity contribution in [2.45, 2.75) is 26.7 Å². The third kappa shape index (κ3) is 4.05. The Morgan fingerprint density at radius 3 is 2.20 bits per heavy atom. The van der Waals surface area contributed by atoms with Gasteiger partial charge in [0.05, 0.1) is 26.2 Å². The van der Waals surface area contributed by atoms with Crippen LogP contribution in [0.25, 0.3) is 0 Å². The number of rotatable bonds is 8. The number of para-hydroxylation sites is 1. The number of ether oxygens (including phenoxy) is 3. The number of hydrogen-bond acceptors (Lipinski definition) is 4. The number of hydrogen-bond donors (Lipinski definition) is 1. The van der Waals surface area contributed by atoms with Gasteiger partial charge in [-0.05, 0) is 38.8 Å². The molecule has 20 heavy (non-hydrogen) atoms. The fourth-order valence-corrected chi connectivity index (χ4v) is 1.75. The predicted octanol–water partition coefficient (Wildman–Crippen LogP) is 2.97. The van der Waals surface area contributed by atoms with E-state index in [-0.39, 0.29) is 0 Å². The molecule has 0 radical (unpaired) electrons. The van der Waals surface area contributed by atoms with Gasteiger partial charge in [0.2, 0.25) is 5.75 Å². The fourth-order valence-electron chi connectivity index (χ4n) is 1.75. The molecule has 0 unspecified atom stereocenters. The second kappa shape index (κ2) is 7.03. The Bertz CT molecular complexity index is 431. The molecule has 0 saturated carbocycles. The smallest absolute Gasteiger partial charge is 0.309 e. The Morgan fingerprint density at radius 2 is 1.75 bits per heavy atom. The minimum Gasteiger partial charge on any atom is -0.493 e. The summed E-state index contributed by atoms with van der Waals surface area (Å²) in [7, 11) is 3.13. The third-order valence-electron chi connectivity index (χ3n) is 3.15. The van der Waals surface area contributed by atoms with Crippen molar-refractivity contribution in [3.63, 3.8) is 0 Å². The lowest BCUT2D eigenvalue weighted by molar-refractivity contribution is -0.147. The van der Waals surface area contributed by atoms with Crippen molar-refractivity contribution in [2.24, 2.45) is 5.41 Å². The number of carboxylic acids is 1. The van der Waals surface area contributed by atoms with Gasteiger partial charge in [0.25, 0.3) is 0 Å². The molecule has 0 aromatic heterocycles. The molecule has 0 bridgehead atoms. The number of methoxy groups -OCH3 is 2. The molecule has 0 fully saturated rings. The Morgan fingerprint density at radius 1 is 1.20 bits per heavy atom. The molecule has 0 aliphatic carbocycles. The molecule has 1 rings (SSSR count). The van der Waals surface area contributed by atoms with Gasteiger partial charge >= 0.3 is 5.97 Å². The number of benzene rings is 1. The van der Waals surface area contributed by atoms with E-state index in [1.54, 1.807) is 40.2 Å². The summed E-state index contributed by atoms with van der Waals surface area (Å²) >= 11 is 0. The summed E-state index contributed by atoms with van der Waals surface area (Å²) in [4.78, 5) is 11.0. The highest BCUT2D eigenvalue weighted by Crippen LogP contribution is 2.37. The average Bonchev–Trinajstić information content (AvgIpc) is 2.43. The lowest BCUT2D eigenvalue weighted by Gasteiger charge is -2.19. The van der Waals surface area contributed by atoms with Gasteiger partial charge in [-0.2, -0.15) is 0 Å². The van der Waals surface area contributed by atoms with Crippen LogP contribution in [0, 0.1) is 5.41 Å². The van der Waals surface area contributed by atoms with Gasteiger partial charge in [-0.3, -0.25) is 4.79 Å². The largest absolute Gasteiger partial charge is 0.493 e. The SMILES string of the molecule is COc1cccc(OC)c1OCCCC(C)(C)C(=O)O. The second-order valence-corrected chi connectivity index (χ2v) is 5.13. The van der Waals surface area contributed by atoms with Crippen molar-refractivity contribution in [2.75, 3.05) is 20.8 Å². The molecule has 1 N–H and O–H groups in total. The maximum Gasteiger partial charge on any atom is 0.309 e. The minimum absolute atomic E-state index is 0.410. The van der Waals surface area contributed by atoms with E-state index in [1.165, 1.54) is 0 Å². The van der Waals surface area contributed by atoms with Gasteiger partial charge in [0, 0.05) is 0 Å². The molecule has 1 aromatic rings. The molecule has 1 aromatic carbocycles. The highest BCUT2D eigenvalue weighted by molar-refractivity contribution is 5.73. The molecule has 5 heteroatoms. The zero-order valence-electron chi connectivity index (χ0n) is 12.4. The van der Waals surface area contributed by atoms with Crippen molar-refractivity contribution in [1.29, 1.82) is 0 Å². The Hall–Kier alpha value is -1.91. The molecule has 0 amide bonds. The summed E-state index contributed by atoms with van der Waals surface area (Å²) in [6.45, 7) is 3.82. The second-order valence-electron chi connectivity index (χ2n) is 5.13. The van der Waals surface area contributed by atoms with Gasteiger partial charge in [0.1, 0.15) is 0 Å². The molecule has 0 spiro atoms. The van der Waals surface area contributed by atoms with Crippen LogP contribution in [0.2, 0.25) is 0 Å². The van der Waals surface area contributed by atoms with Crippen molar-refractivity contribution in [3.05, 3.63) is 18.2 Å². The van der Waals surface area contributed by atoms with Gasteiger partial charge < -0.3 is 19.3 Å². The lowest BCUT2D eigenvalue weighted by atomic mass is 9.88. The topological polar surface area (TPSA) is 65.0 Å². The van der Waals surface area contributed by atoms with E-state index in [0.717, 1.165) is 0 Å². The highest BCUT2D eigenvalue weighted by Gasteiger charge is 2.26. The van der Waals surface area contributed by atoms with Crippen molar-refractivity contribution >= 4 is 5.97 Å². The summed E-state index contributed by atoms with van der Waals surface area (Å²) in [5, 5.41) is 9.04. The van der Waals surface area contributed by atoms with Crippen LogP contribution in [0.3, 0.4) is 0 Å². The van der Waals surface area contributed by atoms with E-state index >= 15 is 0 Å². The summed E-state index contributed by atoms with van der Waals surface area (Å²) in [5.74, 6) is 0.946. The molecule has 5 nitrogen and oxygen atoms in total. The Kier molecular flexibility index (Phi) is 5.67. The van der Waals surface area contributed by atoms with E-state index in [2.05, 4.69) is 0 Å². The zero-order chi connectivity index (χ0) is 15.2. The maximum atomic E-state index is 11.0. The Balaban J connectivity index is 2.60. The van der Waals surface area contributed by atoms with Gasteiger partial charge in [-0.15, -0.1) is 0 Å². The van der Waals surface area contributed by atoms with Crippen LogP contribution in [0.15, 0.2) is 18.2 Å². The van der Waals surface area contributed by atoms with Crippen LogP contribution in [0.4, 0.5) is 0 Å². The normalized spacial score (nSPS) is 11.0. The first kappa shape index (κ1) is 16.1. The van der Waals surface area contributed by atoms with E-state index in [1.807, 2.05) is 6.07 Å². The first-order valence-electron chi connectivity index (χ1n) is 6.49. The summed E-state index contributed by atoms with van der Waals surface area (Å²) in [6, 6.07) is 5.40. The average molecular weight is 282 g/mol. The summed E-state index contributed by atoms with van der Waals surface area (Å²) in [5.41, 5.74) is -0.742. The van der Waals surface area contributed by atoms with E-state index in [9.17, 15) is 4.79 Å². The number of carboxylic acid groups (broad SMARTS) is 1. The highest BCUT2D eigenvalue weighted by atomic mass is 16.5. The van der Waals surface area contributed by atoms with Crippen LogP contribution in [-0.2, 0) is 4.79 Å². The maximum absolute atomic E-state index is 11.0. The monoisotopic (exact) mass is 282 g/mol. The predicted molar refractivity (Wildman–Crippen MR) is 75.7 cm³/mol. The van der Waals surface area contributed by atoms with Crippen molar-refractivity contribution < 1.29 is 24.1 Å². The molecule has 0 heterocycles. The van der Waals surface area contributed by atoms with Crippen LogP contribution in [-0.4, -0.2) is 31.9 Å². The molecule has 0 atom stereocenters. The number of carbonyl (C=O) groups is 1. The van der Waals surface area contributed by atoms with Crippen LogP contribution < -0.4 is 14.2 Å². The van der Waals surface area contributed by atoms with Crippen molar-refractivity contribution in [3.8, 4) is 17.2 Å². The Labute approximate surface area is 119 Å². The zero-order valence-corrected chi connectivity index (χ0v) is 12.4. The standard InChI is InChI=1S/C15H22O5/c1-15(2,14(16)17)9-6-10-20-13-11(18-3)7-5-8-12(13)19-4/h5,7-8H,6,9-10H2,1-4H3,(H,16,17). The first-order chi connectivity index (χ1) is 9.42. The molecule has 0 saturated heterocycles. The van der Waals surface area contributed by atoms with Crippen LogP contribution >= 0.6 is 0 Å². The minimum atomic E-state index is -0.799. The van der Waals surface area contributed by atoms with Crippen LogP contribution in [0.5, 0.6) is 17.2 Å². The van der Waals surface area contributed by atoms with Gasteiger partial charge in [0.15, 0.2) is 11.5 Å². The van der Waals surface area contributed by atoms with E-state index in [4.69, 9.17) is 19.3 Å².